The van der Waals surface area contributed by atoms with Crippen molar-refractivity contribution in [2.75, 3.05) is 19.8 Å². The van der Waals surface area contributed by atoms with Crippen LogP contribution in [-0.2, 0) is 10.3 Å². The number of hydrogen-bond acceptors (Lipinski definition) is 3. The van der Waals surface area contributed by atoms with Crippen molar-refractivity contribution in [1.29, 1.82) is 0 Å². The molecule has 0 aliphatic carbocycles. The Morgan fingerprint density at radius 1 is 1.44 bits per heavy atom. The van der Waals surface area contributed by atoms with Gasteiger partial charge in [0.05, 0.1) is 24.3 Å². The standard InChI is InChI=1S/C14H20BrNO2/c1-13(2,16)10-4-5-12(11(15)6-10)18-9-14(3)7-17-8-14/h4-6H,7-9,16H2,1-3H3. The summed E-state index contributed by atoms with van der Waals surface area (Å²) >= 11 is 3.54. The second-order valence-corrected chi connectivity index (χ2v) is 6.81. The fourth-order valence-corrected chi connectivity index (χ4v) is 2.30. The molecule has 4 heteroatoms. The quantitative estimate of drug-likeness (QED) is 0.929. The highest BCUT2D eigenvalue weighted by Gasteiger charge is 2.34. The minimum atomic E-state index is -0.338. The number of halogens is 1. The average Bonchev–Trinajstić information content (AvgIpc) is 2.23. The van der Waals surface area contributed by atoms with Crippen LogP contribution in [0.5, 0.6) is 5.75 Å². The maximum Gasteiger partial charge on any atom is 0.133 e. The Morgan fingerprint density at radius 3 is 2.56 bits per heavy atom. The van der Waals surface area contributed by atoms with E-state index in [1.54, 1.807) is 0 Å². The van der Waals surface area contributed by atoms with Crippen LogP contribution < -0.4 is 10.5 Å². The third-order valence-electron chi connectivity index (χ3n) is 3.15. The number of benzene rings is 1. The Balaban J connectivity index is 2.06. The number of nitrogens with two attached hydrogens (primary N) is 1. The van der Waals surface area contributed by atoms with Gasteiger partial charge in [0.15, 0.2) is 0 Å². The molecule has 1 saturated heterocycles. The summed E-state index contributed by atoms with van der Waals surface area (Å²) in [4.78, 5) is 0. The van der Waals surface area contributed by atoms with Gasteiger partial charge in [0.2, 0.25) is 0 Å². The molecule has 1 aromatic carbocycles. The zero-order valence-corrected chi connectivity index (χ0v) is 12.7. The molecule has 0 radical (unpaired) electrons. The SMILES string of the molecule is CC1(COc2ccc(C(C)(C)N)cc2Br)COC1. The number of ether oxygens (including phenoxy) is 2. The fraction of sp³-hybridized carbons (Fsp3) is 0.571. The molecule has 100 valence electrons. The van der Waals surface area contributed by atoms with Crippen molar-refractivity contribution >= 4 is 15.9 Å². The van der Waals surface area contributed by atoms with Crippen molar-refractivity contribution < 1.29 is 9.47 Å². The molecule has 1 aliphatic heterocycles. The van der Waals surface area contributed by atoms with E-state index in [0.29, 0.717) is 6.61 Å². The topological polar surface area (TPSA) is 44.5 Å². The van der Waals surface area contributed by atoms with Gasteiger partial charge in [-0.1, -0.05) is 13.0 Å². The molecule has 1 heterocycles. The maximum absolute atomic E-state index is 6.07. The second kappa shape index (κ2) is 4.83. The van der Waals surface area contributed by atoms with Crippen LogP contribution in [0.2, 0.25) is 0 Å². The molecule has 0 saturated carbocycles. The van der Waals surface area contributed by atoms with Crippen molar-refractivity contribution in [3.8, 4) is 5.75 Å². The van der Waals surface area contributed by atoms with Crippen LogP contribution in [-0.4, -0.2) is 19.8 Å². The van der Waals surface area contributed by atoms with Crippen LogP contribution in [0.3, 0.4) is 0 Å². The van der Waals surface area contributed by atoms with Gasteiger partial charge in [-0.25, -0.2) is 0 Å². The van der Waals surface area contributed by atoms with Crippen LogP contribution in [0.1, 0.15) is 26.3 Å². The van der Waals surface area contributed by atoms with Crippen molar-refractivity contribution in [3.63, 3.8) is 0 Å². The van der Waals surface area contributed by atoms with Gasteiger partial charge in [0.1, 0.15) is 5.75 Å². The Kier molecular flexibility index (Phi) is 3.72. The largest absolute Gasteiger partial charge is 0.492 e. The molecular formula is C14H20BrNO2. The summed E-state index contributed by atoms with van der Waals surface area (Å²) in [6.07, 6.45) is 0. The molecule has 0 aromatic heterocycles. The van der Waals surface area contributed by atoms with Gasteiger partial charge in [-0.05, 0) is 47.5 Å². The molecule has 2 rings (SSSR count). The third-order valence-corrected chi connectivity index (χ3v) is 3.77. The minimum absolute atomic E-state index is 0.158. The Morgan fingerprint density at radius 2 is 2.11 bits per heavy atom. The second-order valence-electron chi connectivity index (χ2n) is 5.96. The lowest BCUT2D eigenvalue weighted by Crippen LogP contribution is -2.44. The maximum atomic E-state index is 6.07. The molecule has 0 amide bonds. The molecule has 18 heavy (non-hydrogen) atoms. The van der Waals surface area contributed by atoms with Crippen LogP contribution in [0, 0.1) is 5.41 Å². The molecule has 0 unspecified atom stereocenters. The molecule has 0 atom stereocenters. The first-order chi connectivity index (χ1) is 8.30. The Bertz CT molecular complexity index is 436. The predicted molar refractivity (Wildman–Crippen MR) is 75.8 cm³/mol. The van der Waals surface area contributed by atoms with E-state index in [1.165, 1.54) is 0 Å². The summed E-state index contributed by atoms with van der Waals surface area (Å²) in [7, 11) is 0. The molecular weight excluding hydrogens is 294 g/mol. The van der Waals surface area contributed by atoms with E-state index in [4.69, 9.17) is 15.2 Å². The van der Waals surface area contributed by atoms with E-state index in [9.17, 15) is 0 Å². The summed E-state index contributed by atoms with van der Waals surface area (Å²) in [5.41, 5.74) is 6.97. The highest BCUT2D eigenvalue weighted by atomic mass is 79.9. The van der Waals surface area contributed by atoms with E-state index in [2.05, 4.69) is 22.9 Å². The van der Waals surface area contributed by atoms with Crippen molar-refractivity contribution in [2.24, 2.45) is 11.1 Å². The van der Waals surface area contributed by atoms with Crippen LogP contribution in [0.4, 0.5) is 0 Å². The highest BCUT2D eigenvalue weighted by Crippen LogP contribution is 2.32. The van der Waals surface area contributed by atoms with Gasteiger partial charge in [-0.15, -0.1) is 0 Å². The smallest absolute Gasteiger partial charge is 0.133 e. The van der Waals surface area contributed by atoms with E-state index >= 15 is 0 Å². The van der Waals surface area contributed by atoms with Gasteiger partial charge in [-0.2, -0.15) is 0 Å². The monoisotopic (exact) mass is 313 g/mol. The summed E-state index contributed by atoms with van der Waals surface area (Å²) < 4.78 is 12.0. The van der Waals surface area contributed by atoms with Crippen molar-refractivity contribution in [2.45, 2.75) is 26.3 Å². The van der Waals surface area contributed by atoms with E-state index in [1.807, 2.05) is 32.0 Å². The van der Waals surface area contributed by atoms with Gasteiger partial charge in [0.25, 0.3) is 0 Å². The average molecular weight is 314 g/mol. The number of rotatable bonds is 4. The summed E-state index contributed by atoms with van der Waals surface area (Å²) in [5.74, 6) is 0.858. The van der Waals surface area contributed by atoms with E-state index in [0.717, 1.165) is 29.0 Å². The first kappa shape index (κ1) is 13.8. The van der Waals surface area contributed by atoms with E-state index < -0.39 is 0 Å². The molecule has 3 nitrogen and oxygen atoms in total. The van der Waals surface area contributed by atoms with Crippen LogP contribution in [0.25, 0.3) is 0 Å². The van der Waals surface area contributed by atoms with Crippen molar-refractivity contribution in [3.05, 3.63) is 28.2 Å². The Hall–Kier alpha value is -0.580. The van der Waals surface area contributed by atoms with E-state index in [-0.39, 0.29) is 11.0 Å². The lowest BCUT2D eigenvalue weighted by Gasteiger charge is -2.37. The first-order valence-corrected chi connectivity index (χ1v) is 6.89. The minimum Gasteiger partial charge on any atom is -0.492 e. The summed E-state index contributed by atoms with van der Waals surface area (Å²) in [5, 5.41) is 0. The highest BCUT2D eigenvalue weighted by molar-refractivity contribution is 9.10. The lowest BCUT2D eigenvalue weighted by molar-refractivity contribution is -0.120. The molecule has 1 aromatic rings. The zero-order chi connectivity index (χ0) is 13.4. The summed E-state index contributed by atoms with van der Waals surface area (Å²) in [6, 6.07) is 6.01. The molecule has 1 aliphatic rings. The third kappa shape index (κ3) is 3.05. The summed E-state index contributed by atoms with van der Waals surface area (Å²) in [6.45, 7) is 8.37. The van der Waals surface area contributed by atoms with Gasteiger partial charge < -0.3 is 15.2 Å². The molecule has 0 spiro atoms. The van der Waals surface area contributed by atoms with Crippen LogP contribution >= 0.6 is 15.9 Å². The van der Waals surface area contributed by atoms with Gasteiger partial charge in [-0.3, -0.25) is 0 Å². The predicted octanol–water partition coefficient (Wildman–Crippen LogP) is 3.06. The van der Waals surface area contributed by atoms with Crippen LogP contribution in [0.15, 0.2) is 22.7 Å². The normalized spacial score (nSPS) is 18.3. The molecule has 0 bridgehead atoms. The van der Waals surface area contributed by atoms with Gasteiger partial charge in [0, 0.05) is 11.0 Å². The fourth-order valence-electron chi connectivity index (χ4n) is 1.80. The lowest BCUT2D eigenvalue weighted by atomic mass is 9.90. The zero-order valence-electron chi connectivity index (χ0n) is 11.1. The Labute approximate surface area is 117 Å². The van der Waals surface area contributed by atoms with Crippen molar-refractivity contribution in [1.82, 2.24) is 0 Å². The first-order valence-electron chi connectivity index (χ1n) is 6.10. The number of hydrogen-bond donors (Lipinski definition) is 1. The molecule has 2 N–H and O–H groups in total. The molecule has 1 fully saturated rings. The van der Waals surface area contributed by atoms with Gasteiger partial charge >= 0.3 is 0 Å².